The van der Waals surface area contributed by atoms with Crippen molar-refractivity contribution < 1.29 is 8.83 Å². The first-order chi connectivity index (χ1) is 32.7. The van der Waals surface area contributed by atoms with E-state index in [0.717, 1.165) is 77.3 Å². The highest BCUT2D eigenvalue weighted by molar-refractivity contribution is 6.13. The number of fused-ring (bicyclic) bond motifs is 15. The summed E-state index contributed by atoms with van der Waals surface area (Å²) in [5.41, 5.74) is 11.9. The Hall–Kier alpha value is -9.22. The predicted molar refractivity (Wildman–Crippen MR) is 254 cm³/mol. The molecule has 308 valence electrons. The van der Waals surface area contributed by atoms with Gasteiger partial charge in [-0.05, 0) is 57.6 Å². The van der Waals surface area contributed by atoms with Crippen molar-refractivity contribution in [2.24, 2.45) is 0 Å². The number of nitrogens with zero attached hydrogens (tertiary/aromatic N) is 9. The van der Waals surface area contributed by atoms with E-state index in [2.05, 4.69) is 115 Å². The van der Waals surface area contributed by atoms with Crippen LogP contribution in [0.1, 0.15) is 22.3 Å². The molecule has 0 unspecified atom stereocenters. The quantitative estimate of drug-likeness (QED) is 0.168. The first kappa shape index (κ1) is 35.3. The fourth-order valence-corrected chi connectivity index (χ4v) is 10.7. The molecule has 11 heteroatoms. The van der Waals surface area contributed by atoms with E-state index in [1.165, 1.54) is 16.7 Å². The third-order valence-corrected chi connectivity index (χ3v) is 13.3. The molecule has 66 heavy (non-hydrogen) atoms. The molecule has 0 bridgehead atoms. The largest absolute Gasteiger partial charge is 0.456 e. The minimum atomic E-state index is -0.594. The highest BCUT2D eigenvalue weighted by atomic mass is 16.3. The van der Waals surface area contributed by atoms with Gasteiger partial charge in [0.05, 0.1) is 5.41 Å². The van der Waals surface area contributed by atoms with Crippen molar-refractivity contribution in [1.82, 2.24) is 43.8 Å². The zero-order valence-electron chi connectivity index (χ0n) is 34.7. The summed E-state index contributed by atoms with van der Waals surface area (Å²) in [6, 6.07) is 64.7. The molecular formula is C55H31N9O2. The third-order valence-electron chi connectivity index (χ3n) is 13.3. The molecule has 0 spiro atoms. The normalized spacial score (nSPS) is 13.3. The van der Waals surface area contributed by atoms with Gasteiger partial charge in [-0.1, -0.05) is 164 Å². The number of rotatable bonds is 5. The summed E-state index contributed by atoms with van der Waals surface area (Å²) in [6.45, 7) is 0. The van der Waals surface area contributed by atoms with E-state index in [-0.39, 0.29) is 0 Å². The Kier molecular flexibility index (Phi) is 6.91. The Labute approximate surface area is 373 Å². The Morgan fingerprint density at radius 1 is 0.333 bits per heavy atom. The van der Waals surface area contributed by atoms with E-state index in [4.69, 9.17) is 39.1 Å². The highest BCUT2D eigenvalue weighted by Crippen LogP contribution is 2.58. The van der Waals surface area contributed by atoms with Gasteiger partial charge in [0.2, 0.25) is 0 Å². The van der Waals surface area contributed by atoms with Gasteiger partial charge in [0, 0.05) is 38.2 Å². The van der Waals surface area contributed by atoms with Crippen LogP contribution in [0.15, 0.2) is 197 Å². The lowest BCUT2D eigenvalue weighted by Crippen LogP contribution is -2.28. The second kappa shape index (κ2) is 12.9. The van der Waals surface area contributed by atoms with E-state index >= 15 is 0 Å². The van der Waals surface area contributed by atoms with Crippen LogP contribution in [0.3, 0.4) is 0 Å². The Morgan fingerprint density at radius 3 is 1.27 bits per heavy atom. The van der Waals surface area contributed by atoms with Crippen LogP contribution >= 0.6 is 0 Å². The van der Waals surface area contributed by atoms with Crippen molar-refractivity contribution >= 4 is 61.2 Å². The van der Waals surface area contributed by atoms with Crippen molar-refractivity contribution in [3.63, 3.8) is 0 Å². The molecule has 1 aliphatic rings. The zero-order chi connectivity index (χ0) is 43.1. The van der Waals surface area contributed by atoms with Gasteiger partial charge in [-0.3, -0.25) is 0 Å². The van der Waals surface area contributed by atoms with Gasteiger partial charge in [-0.2, -0.15) is 28.5 Å². The van der Waals surface area contributed by atoms with Crippen LogP contribution < -0.4 is 0 Å². The predicted octanol–water partition coefficient (Wildman–Crippen LogP) is 12.0. The van der Waals surface area contributed by atoms with Crippen LogP contribution in [0.2, 0.25) is 0 Å². The van der Waals surface area contributed by atoms with Crippen molar-refractivity contribution in [3.8, 4) is 45.3 Å². The molecule has 11 nitrogen and oxygen atoms in total. The van der Waals surface area contributed by atoms with E-state index < -0.39 is 5.41 Å². The van der Waals surface area contributed by atoms with E-state index in [1.54, 1.807) is 13.5 Å². The summed E-state index contributed by atoms with van der Waals surface area (Å²) in [6.07, 6.45) is 0. The lowest BCUT2D eigenvalue weighted by Gasteiger charge is -2.33. The van der Waals surface area contributed by atoms with Crippen LogP contribution in [-0.2, 0) is 5.41 Å². The second-order valence-corrected chi connectivity index (χ2v) is 16.8. The number of para-hydroxylation sites is 2. The van der Waals surface area contributed by atoms with Gasteiger partial charge in [0.25, 0.3) is 17.3 Å². The van der Waals surface area contributed by atoms with Crippen molar-refractivity contribution in [3.05, 3.63) is 210 Å². The summed E-state index contributed by atoms with van der Waals surface area (Å²) < 4.78 is 17.8. The van der Waals surface area contributed by atoms with Gasteiger partial charge in [0.15, 0.2) is 17.5 Å². The maximum absolute atomic E-state index is 6.30. The molecule has 6 heterocycles. The molecule has 0 atom stereocenters. The average molecular weight is 850 g/mol. The van der Waals surface area contributed by atoms with Crippen LogP contribution in [0.25, 0.3) is 107 Å². The fourth-order valence-electron chi connectivity index (χ4n) is 10.7. The number of benzene rings is 8. The zero-order valence-corrected chi connectivity index (χ0v) is 34.7. The van der Waals surface area contributed by atoms with Gasteiger partial charge >= 0.3 is 0 Å². The number of hydrogen-bond acceptors (Lipinski definition) is 8. The van der Waals surface area contributed by atoms with E-state index in [1.807, 2.05) is 72.8 Å². The molecule has 0 saturated carbocycles. The smallest absolute Gasteiger partial charge is 0.260 e. The molecular weight excluding hydrogens is 819 g/mol. The van der Waals surface area contributed by atoms with Gasteiger partial charge in [-0.25, -0.2) is 0 Å². The Balaban J connectivity index is 1.02. The lowest BCUT2D eigenvalue weighted by atomic mass is 9.67. The van der Waals surface area contributed by atoms with Crippen molar-refractivity contribution in [2.45, 2.75) is 5.41 Å². The standard InChI is InChI=1S/C55H31N9O2/c1-3-16-32(17-4-1)55(33-18-5-2-6-19-33)40-26-10-7-20-34(40)46-37(23-13-27-41(46)55)49-56-52-62(59-49)53-57-50(38-24-14-30-44-47(38)35-21-8-11-28-42(35)65-44)61-64(53)54-58-51(60-63(52)54)39-25-15-31-45-48(39)36-22-9-12-29-43(36)66-45/h1-31H. The Morgan fingerprint density at radius 2 is 0.727 bits per heavy atom. The van der Waals surface area contributed by atoms with Crippen molar-refractivity contribution in [1.29, 1.82) is 0 Å². The summed E-state index contributed by atoms with van der Waals surface area (Å²) in [7, 11) is 0. The van der Waals surface area contributed by atoms with Crippen LogP contribution in [0.4, 0.5) is 0 Å². The van der Waals surface area contributed by atoms with Gasteiger partial charge in [-0.15, -0.1) is 15.3 Å². The topological polar surface area (TPSA) is 117 Å². The van der Waals surface area contributed by atoms with Gasteiger partial charge < -0.3 is 8.83 Å². The molecule has 0 N–H and O–H groups in total. The molecule has 0 fully saturated rings. The first-order valence-electron chi connectivity index (χ1n) is 21.8. The maximum Gasteiger partial charge on any atom is 0.260 e. The summed E-state index contributed by atoms with van der Waals surface area (Å²) in [5, 5.41) is 19.6. The molecule has 0 radical (unpaired) electrons. The average Bonchev–Trinajstić information content (AvgIpc) is 4.24. The number of hydrogen-bond donors (Lipinski definition) is 0. The van der Waals surface area contributed by atoms with Gasteiger partial charge in [0.1, 0.15) is 22.3 Å². The van der Waals surface area contributed by atoms with Crippen LogP contribution in [-0.4, -0.2) is 43.8 Å². The fraction of sp³-hybridized carbons (Fsp3) is 0.0182. The van der Waals surface area contributed by atoms with Crippen LogP contribution in [0, 0.1) is 0 Å². The molecule has 0 aliphatic heterocycles. The summed E-state index contributed by atoms with van der Waals surface area (Å²) >= 11 is 0. The van der Waals surface area contributed by atoms with E-state index in [9.17, 15) is 0 Å². The molecule has 6 aromatic heterocycles. The monoisotopic (exact) mass is 849 g/mol. The molecule has 1 aliphatic carbocycles. The molecule has 0 amide bonds. The number of furan rings is 2. The minimum absolute atomic E-state index is 0.426. The van der Waals surface area contributed by atoms with E-state index in [0.29, 0.717) is 34.8 Å². The second-order valence-electron chi connectivity index (χ2n) is 16.8. The SMILES string of the molecule is c1ccc(C2(c3ccccc3)c3ccccc3-c3c(-c4nc5n(n4)c4nc(-c6cccc7oc8ccccc8c67)nn4c4nc(-c6cccc7oc8ccccc8c67)nn54)cccc32)cc1. The molecule has 15 rings (SSSR count). The summed E-state index contributed by atoms with van der Waals surface area (Å²) in [5.74, 6) is 2.77. The van der Waals surface area contributed by atoms with Crippen LogP contribution in [0.5, 0.6) is 0 Å². The third kappa shape index (κ3) is 4.59. The first-order valence-corrected chi connectivity index (χ1v) is 21.8. The minimum Gasteiger partial charge on any atom is -0.456 e. The molecule has 14 aromatic rings. The Bertz CT molecular complexity index is 4090. The molecule has 0 saturated heterocycles. The summed E-state index contributed by atoms with van der Waals surface area (Å²) in [4.78, 5) is 15.9. The highest BCUT2D eigenvalue weighted by Gasteiger charge is 2.47. The lowest BCUT2D eigenvalue weighted by molar-refractivity contribution is 0.668. The number of aromatic nitrogens is 9. The van der Waals surface area contributed by atoms with Crippen molar-refractivity contribution in [2.75, 3.05) is 0 Å². The molecule has 8 aromatic carbocycles. The maximum atomic E-state index is 6.30.